The number of hydrogen-bond acceptors (Lipinski definition) is 3. The molecule has 0 amide bonds. The molecule has 1 aromatic rings. The second kappa shape index (κ2) is 4.75. The van der Waals surface area contributed by atoms with Gasteiger partial charge in [0.1, 0.15) is 5.75 Å². The van der Waals surface area contributed by atoms with Gasteiger partial charge in [-0.15, -0.1) is 0 Å². The van der Waals surface area contributed by atoms with Crippen molar-refractivity contribution in [3.8, 4) is 5.75 Å². The number of hydrogen-bond donors (Lipinski definition) is 2. The molecule has 2 rings (SSSR count). The monoisotopic (exact) mass is 235 g/mol. The van der Waals surface area contributed by atoms with Gasteiger partial charge < -0.3 is 15.6 Å². The van der Waals surface area contributed by atoms with E-state index in [9.17, 15) is 4.79 Å². The minimum absolute atomic E-state index is 0.0743. The average Bonchev–Trinajstić information content (AvgIpc) is 2.74. The van der Waals surface area contributed by atoms with Crippen molar-refractivity contribution in [2.45, 2.75) is 31.7 Å². The first-order valence-corrected chi connectivity index (χ1v) is 5.79. The summed E-state index contributed by atoms with van der Waals surface area (Å²) in [4.78, 5) is 10.7. The smallest absolute Gasteiger partial charge is 0.305 e. The Bertz CT molecular complexity index is 443. The molecule has 0 aromatic heterocycles. The summed E-state index contributed by atoms with van der Waals surface area (Å²) < 4.78 is 5.42. The van der Waals surface area contributed by atoms with Crippen LogP contribution in [0.25, 0.3) is 0 Å². The molecule has 0 radical (unpaired) electrons. The zero-order valence-corrected chi connectivity index (χ0v) is 9.90. The molecule has 0 heterocycles. The summed E-state index contributed by atoms with van der Waals surface area (Å²) in [5, 5.41) is 8.78. The fraction of sp³-hybridized carbons (Fsp3) is 0.462. The van der Waals surface area contributed by atoms with E-state index in [2.05, 4.69) is 0 Å². The van der Waals surface area contributed by atoms with Gasteiger partial charge in [-0.05, 0) is 30.4 Å². The van der Waals surface area contributed by atoms with Crippen molar-refractivity contribution in [3.05, 3.63) is 28.8 Å². The van der Waals surface area contributed by atoms with E-state index in [4.69, 9.17) is 15.6 Å². The number of methoxy groups -OCH3 is 1. The third-order valence-electron chi connectivity index (χ3n) is 3.26. The second-order valence-corrected chi connectivity index (χ2v) is 4.38. The van der Waals surface area contributed by atoms with E-state index >= 15 is 0 Å². The molecular weight excluding hydrogens is 218 g/mol. The third kappa shape index (κ3) is 2.26. The van der Waals surface area contributed by atoms with Crippen LogP contribution >= 0.6 is 0 Å². The molecule has 1 aliphatic rings. The summed E-state index contributed by atoms with van der Waals surface area (Å²) >= 11 is 0. The molecule has 0 aliphatic heterocycles. The van der Waals surface area contributed by atoms with Crippen molar-refractivity contribution in [1.29, 1.82) is 0 Å². The van der Waals surface area contributed by atoms with Crippen LogP contribution in [-0.2, 0) is 17.6 Å². The zero-order chi connectivity index (χ0) is 12.4. The minimum atomic E-state index is -0.889. The standard InChI is InChI=1S/C13H17NO3/c1-17-13-9-4-2-3-8(9)5-6-10(13)11(14)7-12(15)16/h5-6,11H,2-4,7,14H2,1H3,(H,15,16). The van der Waals surface area contributed by atoms with Crippen molar-refractivity contribution in [2.24, 2.45) is 5.73 Å². The van der Waals surface area contributed by atoms with Gasteiger partial charge >= 0.3 is 5.97 Å². The van der Waals surface area contributed by atoms with Crippen LogP contribution in [0.2, 0.25) is 0 Å². The number of fused-ring (bicyclic) bond motifs is 1. The highest BCUT2D eigenvalue weighted by Gasteiger charge is 2.22. The highest BCUT2D eigenvalue weighted by molar-refractivity contribution is 5.68. The summed E-state index contributed by atoms with van der Waals surface area (Å²) in [6, 6.07) is 3.44. The van der Waals surface area contributed by atoms with Crippen LogP contribution in [0.15, 0.2) is 12.1 Å². The summed E-state index contributed by atoms with van der Waals surface area (Å²) in [7, 11) is 1.62. The lowest BCUT2D eigenvalue weighted by Crippen LogP contribution is -2.16. The molecule has 1 atom stereocenters. The van der Waals surface area contributed by atoms with Crippen LogP contribution in [0.3, 0.4) is 0 Å². The van der Waals surface area contributed by atoms with Gasteiger partial charge in [0.2, 0.25) is 0 Å². The Hall–Kier alpha value is -1.55. The van der Waals surface area contributed by atoms with Crippen molar-refractivity contribution in [2.75, 3.05) is 7.11 Å². The average molecular weight is 235 g/mol. The van der Waals surface area contributed by atoms with E-state index in [1.54, 1.807) is 7.11 Å². The molecule has 1 unspecified atom stereocenters. The molecule has 17 heavy (non-hydrogen) atoms. The third-order valence-corrected chi connectivity index (χ3v) is 3.26. The van der Waals surface area contributed by atoms with Crippen LogP contribution in [-0.4, -0.2) is 18.2 Å². The topological polar surface area (TPSA) is 72.5 Å². The number of benzene rings is 1. The number of carboxylic acids is 1. The molecule has 0 saturated heterocycles. The molecule has 0 spiro atoms. The van der Waals surface area contributed by atoms with Gasteiger partial charge in [-0.3, -0.25) is 4.79 Å². The summed E-state index contributed by atoms with van der Waals surface area (Å²) in [6.07, 6.45) is 3.12. The van der Waals surface area contributed by atoms with Gasteiger partial charge in [0.15, 0.2) is 0 Å². The number of aryl methyl sites for hydroxylation is 1. The zero-order valence-electron chi connectivity index (χ0n) is 9.90. The minimum Gasteiger partial charge on any atom is -0.496 e. The van der Waals surface area contributed by atoms with Crippen LogP contribution in [0, 0.1) is 0 Å². The first-order chi connectivity index (χ1) is 8.13. The van der Waals surface area contributed by atoms with Crippen LogP contribution in [0.1, 0.15) is 35.6 Å². The second-order valence-electron chi connectivity index (χ2n) is 4.38. The highest BCUT2D eigenvalue weighted by Crippen LogP contribution is 2.36. The molecule has 0 bridgehead atoms. The molecule has 0 saturated carbocycles. The van der Waals surface area contributed by atoms with Crippen molar-refractivity contribution in [3.63, 3.8) is 0 Å². The number of rotatable bonds is 4. The van der Waals surface area contributed by atoms with Gasteiger partial charge in [0.05, 0.1) is 13.5 Å². The van der Waals surface area contributed by atoms with Crippen LogP contribution in [0.5, 0.6) is 5.75 Å². The Kier molecular flexibility index (Phi) is 3.33. The normalized spacial score (nSPS) is 15.4. The van der Waals surface area contributed by atoms with Crippen LogP contribution in [0.4, 0.5) is 0 Å². The number of ether oxygens (including phenoxy) is 1. The molecule has 92 valence electrons. The Balaban J connectivity index is 2.37. The van der Waals surface area contributed by atoms with Crippen molar-refractivity contribution in [1.82, 2.24) is 0 Å². The Labute approximate surface area is 100 Å². The fourth-order valence-corrected chi connectivity index (χ4v) is 2.48. The van der Waals surface area contributed by atoms with E-state index in [0.717, 1.165) is 30.6 Å². The molecule has 3 N–H and O–H groups in total. The lowest BCUT2D eigenvalue weighted by molar-refractivity contribution is -0.137. The van der Waals surface area contributed by atoms with E-state index in [1.165, 1.54) is 11.1 Å². The molecule has 4 nitrogen and oxygen atoms in total. The Morgan fingerprint density at radius 1 is 1.53 bits per heavy atom. The summed E-state index contributed by atoms with van der Waals surface area (Å²) in [5.74, 6) is -0.103. The van der Waals surface area contributed by atoms with Gasteiger partial charge in [0, 0.05) is 11.6 Å². The number of carbonyl (C=O) groups is 1. The van der Waals surface area contributed by atoms with E-state index in [0.29, 0.717) is 0 Å². The maximum atomic E-state index is 10.7. The quantitative estimate of drug-likeness (QED) is 0.832. The summed E-state index contributed by atoms with van der Waals surface area (Å²) in [5.41, 5.74) is 9.21. The first kappa shape index (κ1) is 11.9. The highest BCUT2D eigenvalue weighted by atomic mass is 16.5. The van der Waals surface area contributed by atoms with Gasteiger partial charge in [-0.2, -0.15) is 0 Å². The first-order valence-electron chi connectivity index (χ1n) is 5.79. The van der Waals surface area contributed by atoms with Gasteiger partial charge in [0.25, 0.3) is 0 Å². The SMILES string of the molecule is COc1c(C(N)CC(=O)O)ccc2c1CCC2. The molecule has 0 fully saturated rings. The number of aliphatic carboxylic acids is 1. The van der Waals surface area contributed by atoms with E-state index in [1.807, 2.05) is 12.1 Å². The molecule has 1 aromatic carbocycles. The van der Waals surface area contributed by atoms with E-state index < -0.39 is 12.0 Å². The fourth-order valence-electron chi connectivity index (χ4n) is 2.48. The Morgan fingerprint density at radius 2 is 2.29 bits per heavy atom. The Morgan fingerprint density at radius 3 is 2.94 bits per heavy atom. The van der Waals surface area contributed by atoms with Gasteiger partial charge in [-0.25, -0.2) is 0 Å². The van der Waals surface area contributed by atoms with Crippen LogP contribution < -0.4 is 10.5 Å². The van der Waals surface area contributed by atoms with E-state index in [-0.39, 0.29) is 6.42 Å². The largest absolute Gasteiger partial charge is 0.496 e. The number of carboxylic acid groups (broad SMARTS) is 1. The number of nitrogens with two attached hydrogens (primary N) is 1. The predicted molar refractivity (Wildman–Crippen MR) is 64.2 cm³/mol. The molecule has 4 heteroatoms. The maximum Gasteiger partial charge on any atom is 0.305 e. The maximum absolute atomic E-state index is 10.7. The molecular formula is C13H17NO3. The molecule has 1 aliphatic carbocycles. The summed E-state index contributed by atoms with van der Waals surface area (Å²) in [6.45, 7) is 0. The lowest BCUT2D eigenvalue weighted by Gasteiger charge is -2.17. The lowest BCUT2D eigenvalue weighted by atomic mass is 9.98. The van der Waals surface area contributed by atoms with Crippen molar-refractivity contribution >= 4 is 5.97 Å². The van der Waals surface area contributed by atoms with Crippen molar-refractivity contribution < 1.29 is 14.6 Å². The predicted octanol–water partition coefficient (Wildman–Crippen LogP) is 1.66. The van der Waals surface area contributed by atoms with Gasteiger partial charge in [-0.1, -0.05) is 12.1 Å².